The molecule has 4 nitrogen and oxygen atoms in total. The van der Waals surface area contributed by atoms with E-state index in [1.54, 1.807) is 0 Å². The van der Waals surface area contributed by atoms with Gasteiger partial charge in [0.1, 0.15) is 6.10 Å². The van der Waals surface area contributed by atoms with Crippen LogP contribution in [0.1, 0.15) is 29.0 Å². The van der Waals surface area contributed by atoms with Crippen molar-refractivity contribution in [3.63, 3.8) is 0 Å². The molecule has 0 N–H and O–H groups in total. The SMILES string of the molecule is Cc1nn(C(=O)[C@H]2CCCO2)c(C)c1Br. The number of hydrogen-bond donors (Lipinski definition) is 0. The second-order valence-corrected chi connectivity index (χ2v) is 4.53. The number of nitrogens with zero attached hydrogens (tertiary/aromatic N) is 2. The molecule has 1 aliphatic rings. The average Bonchev–Trinajstić information content (AvgIpc) is 2.82. The molecule has 0 aromatic carbocycles. The number of halogens is 1. The van der Waals surface area contributed by atoms with Gasteiger partial charge in [-0.1, -0.05) is 0 Å². The van der Waals surface area contributed by atoms with Crippen LogP contribution in [0, 0.1) is 13.8 Å². The fourth-order valence-corrected chi connectivity index (χ4v) is 1.99. The highest BCUT2D eigenvalue weighted by Gasteiger charge is 2.27. The van der Waals surface area contributed by atoms with E-state index in [0.29, 0.717) is 6.61 Å². The summed E-state index contributed by atoms with van der Waals surface area (Å²) >= 11 is 3.40. The molecule has 2 heterocycles. The first-order valence-corrected chi connectivity index (χ1v) is 5.78. The molecule has 0 unspecified atom stereocenters. The molecule has 1 aromatic rings. The van der Waals surface area contributed by atoms with Gasteiger partial charge in [-0.3, -0.25) is 4.79 Å². The van der Waals surface area contributed by atoms with Crippen LogP contribution in [0.2, 0.25) is 0 Å². The Kier molecular flexibility index (Phi) is 2.93. The summed E-state index contributed by atoms with van der Waals surface area (Å²) in [6, 6.07) is 0. The summed E-state index contributed by atoms with van der Waals surface area (Å²) in [4.78, 5) is 12.0. The number of carbonyl (C=O) groups is 1. The summed E-state index contributed by atoms with van der Waals surface area (Å²) in [6.07, 6.45) is 1.45. The normalized spacial score (nSPS) is 20.9. The van der Waals surface area contributed by atoms with Crippen molar-refractivity contribution in [2.75, 3.05) is 6.61 Å². The molecule has 0 amide bonds. The van der Waals surface area contributed by atoms with Crippen molar-refractivity contribution in [2.24, 2.45) is 0 Å². The third-order valence-corrected chi connectivity index (χ3v) is 3.76. The van der Waals surface area contributed by atoms with Gasteiger partial charge in [-0.15, -0.1) is 0 Å². The van der Waals surface area contributed by atoms with Crippen LogP contribution in [0.15, 0.2) is 4.47 Å². The van der Waals surface area contributed by atoms with Crippen LogP contribution < -0.4 is 0 Å². The van der Waals surface area contributed by atoms with Gasteiger partial charge in [-0.25, -0.2) is 4.68 Å². The Bertz CT molecular complexity index is 394. The topological polar surface area (TPSA) is 44.1 Å². The van der Waals surface area contributed by atoms with E-state index < -0.39 is 0 Å². The summed E-state index contributed by atoms with van der Waals surface area (Å²) in [5.41, 5.74) is 1.67. The van der Waals surface area contributed by atoms with Crippen LogP contribution in [0.5, 0.6) is 0 Å². The first-order chi connectivity index (χ1) is 7.11. The zero-order valence-corrected chi connectivity index (χ0v) is 10.4. The van der Waals surface area contributed by atoms with Crippen molar-refractivity contribution in [1.82, 2.24) is 9.78 Å². The lowest BCUT2D eigenvalue weighted by Crippen LogP contribution is -2.27. The summed E-state index contributed by atoms with van der Waals surface area (Å²) in [5.74, 6) is -0.0567. The molecule has 1 saturated heterocycles. The summed E-state index contributed by atoms with van der Waals surface area (Å²) in [6.45, 7) is 4.42. The highest BCUT2D eigenvalue weighted by molar-refractivity contribution is 9.10. The maximum Gasteiger partial charge on any atom is 0.276 e. The number of rotatable bonds is 1. The van der Waals surface area contributed by atoms with Crippen LogP contribution in [-0.2, 0) is 4.74 Å². The van der Waals surface area contributed by atoms with Gasteiger partial charge < -0.3 is 4.74 Å². The van der Waals surface area contributed by atoms with E-state index in [0.717, 1.165) is 28.7 Å². The predicted molar refractivity (Wildman–Crippen MR) is 59.0 cm³/mol. The predicted octanol–water partition coefficient (Wildman–Crippen LogP) is 2.08. The van der Waals surface area contributed by atoms with Gasteiger partial charge in [0.25, 0.3) is 5.91 Å². The van der Waals surface area contributed by atoms with Crippen molar-refractivity contribution in [3.8, 4) is 0 Å². The Balaban J connectivity index is 2.28. The highest BCUT2D eigenvalue weighted by Crippen LogP contribution is 2.22. The zero-order chi connectivity index (χ0) is 11.0. The Labute approximate surface area is 96.7 Å². The molecule has 0 saturated carbocycles. The van der Waals surface area contributed by atoms with Crippen molar-refractivity contribution in [3.05, 3.63) is 15.9 Å². The Morgan fingerprint density at radius 1 is 1.60 bits per heavy atom. The van der Waals surface area contributed by atoms with Gasteiger partial charge in [-0.05, 0) is 42.6 Å². The van der Waals surface area contributed by atoms with E-state index in [1.165, 1.54) is 4.68 Å². The fraction of sp³-hybridized carbons (Fsp3) is 0.600. The van der Waals surface area contributed by atoms with Crippen LogP contribution in [0.25, 0.3) is 0 Å². The third-order valence-electron chi connectivity index (χ3n) is 2.62. The van der Waals surface area contributed by atoms with Gasteiger partial charge in [0.05, 0.1) is 15.9 Å². The summed E-state index contributed by atoms with van der Waals surface area (Å²) in [7, 11) is 0. The molecule has 1 aromatic heterocycles. The Morgan fingerprint density at radius 2 is 2.33 bits per heavy atom. The minimum atomic E-state index is -0.310. The maximum atomic E-state index is 12.0. The molecule has 5 heteroatoms. The molecule has 0 bridgehead atoms. The van der Waals surface area contributed by atoms with E-state index >= 15 is 0 Å². The van der Waals surface area contributed by atoms with Crippen LogP contribution in [0.4, 0.5) is 0 Å². The van der Waals surface area contributed by atoms with Crippen molar-refractivity contribution in [2.45, 2.75) is 32.8 Å². The van der Waals surface area contributed by atoms with E-state index in [-0.39, 0.29) is 12.0 Å². The second kappa shape index (κ2) is 4.06. The largest absolute Gasteiger partial charge is 0.368 e. The number of aryl methyl sites for hydroxylation is 1. The van der Waals surface area contributed by atoms with E-state index in [2.05, 4.69) is 21.0 Å². The van der Waals surface area contributed by atoms with Crippen molar-refractivity contribution >= 4 is 21.8 Å². The van der Waals surface area contributed by atoms with Gasteiger partial charge in [0.15, 0.2) is 0 Å². The highest BCUT2D eigenvalue weighted by atomic mass is 79.9. The van der Waals surface area contributed by atoms with Crippen LogP contribution in [-0.4, -0.2) is 28.4 Å². The molecule has 2 rings (SSSR count). The Hall–Kier alpha value is -0.680. The molecule has 1 aliphatic heterocycles. The van der Waals surface area contributed by atoms with Gasteiger partial charge in [0, 0.05) is 6.61 Å². The second-order valence-electron chi connectivity index (χ2n) is 3.74. The summed E-state index contributed by atoms with van der Waals surface area (Å²) in [5, 5.41) is 4.19. The first kappa shape index (κ1) is 10.8. The van der Waals surface area contributed by atoms with Crippen LogP contribution >= 0.6 is 15.9 Å². The molecule has 0 aliphatic carbocycles. The van der Waals surface area contributed by atoms with Gasteiger partial charge in [-0.2, -0.15) is 5.10 Å². The van der Waals surface area contributed by atoms with Crippen molar-refractivity contribution < 1.29 is 9.53 Å². The molecule has 15 heavy (non-hydrogen) atoms. The van der Waals surface area contributed by atoms with Gasteiger partial charge >= 0.3 is 0 Å². The molecule has 1 atom stereocenters. The minimum absolute atomic E-state index is 0.0567. The standard InChI is InChI=1S/C10H13BrN2O2/c1-6-9(11)7(2)13(12-6)10(14)8-4-3-5-15-8/h8H,3-5H2,1-2H3/t8-/m1/s1. The number of hydrogen-bond acceptors (Lipinski definition) is 3. The molecule has 0 spiro atoms. The van der Waals surface area contributed by atoms with Gasteiger partial charge in [0.2, 0.25) is 0 Å². The lowest BCUT2D eigenvalue weighted by atomic mass is 10.2. The summed E-state index contributed by atoms with van der Waals surface area (Å²) < 4.78 is 7.68. The molecule has 0 radical (unpaired) electrons. The van der Waals surface area contributed by atoms with E-state index in [9.17, 15) is 4.79 Å². The monoisotopic (exact) mass is 272 g/mol. The lowest BCUT2D eigenvalue weighted by molar-refractivity contribution is 0.0535. The lowest BCUT2D eigenvalue weighted by Gasteiger charge is -2.08. The smallest absolute Gasteiger partial charge is 0.276 e. The van der Waals surface area contributed by atoms with Crippen LogP contribution in [0.3, 0.4) is 0 Å². The third kappa shape index (κ3) is 1.86. The molecular formula is C10H13BrN2O2. The number of aromatic nitrogens is 2. The Morgan fingerprint density at radius 3 is 2.80 bits per heavy atom. The van der Waals surface area contributed by atoms with E-state index in [1.807, 2.05) is 13.8 Å². The van der Waals surface area contributed by atoms with Crippen molar-refractivity contribution in [1.29, 1.82) is 0 Å². The first-order valence-electron chi connectivity index (χ1n) is 4.99. The fourth-order valence-electron chi connectivity index (χ4n) is 1.75. The maximum absolute atomic E-state index is 12.0. The van der Waals surface area contributed by atoms with E-state index in [4.69, 9.17) is 4.74 Å². The molecule has 1 fully saturated rings. The number of carbonyl (C=O) groups excluding carboxylic acids is 1. The molecular weight excluding hydrogens is 260 g/mol. The molecule has 82 valence electrons. The zero-order valence-electron chi connectivity index (χ0n) is 8.79. The number of ether oxygens (including phenoxy) is 1. The minimum Gasteiger partial charge on any atom is -0.368 e. The average molecular weight is 273 g/mol. The quantitative estimate of drug-likeness (QED) is 0.786.